The van der Waals surface area contributed by atoms with Crippen LogP contribution in [0.15, 0.2) is 42.5 Å². The minimum atomic E-state index is -1.29. The monoisotopic (exact) mass is 424 g/mol. The molecule has 0 unspecified atom stereocenters. The van der Waals surface area contributed by atoms with Crippen LogP contribution in [0.2, 0.25) is 0 Å². The van der Waals surface area contributed by atoms with Crippen molar-refractivity contribution in [2.75, 3.05) is 0 Å². The van der Waals surface area contributed by atoms with Crippen LogP contribution in [-0.4, -0.2) is 42.2 Å². The summed E-state index contributed by atoms with van der Waals surface area (Å²) in [5.41, 5.74) is -0.184. The Kier molecular flexibility index (Phi) is 5.49. The van der Waals surface area contributed by atoms with E-state index >= 15 is 0 Å². The van der Waals surface area contributed by atoms with Gasteiger partial charge in [0.25, 0.3) is 0 Å². The Hall–Kier alpha value is -4.20. The molecule has 0 fully saturated rings. The maximum absolute atomic E-state index is 11.9. The van der Waals surface area contributed by atoms with Gasteiger partial charge in [0, 0.05) is 33.7 Å². The third-order valence-corrected chi connectivity index (χ3v) is 5.03. The van der Waals surface area contributed by atoms with Crippen molar-refractivity contribution >= 4 is 11.6 Å². The lowest BCUT2D eigenvalue weighted by atomic mass is 9.81. The average molecular weight is 424 g/mol. The highest BCUT2D eigenvalue weighted by molar-refractivity contribution is 5.96. The third-order valence-electron chi connectivity index (χ3n) is 5.03. The summed E-state index contributed by atoms with van der Waals surface area (Å²) in [4.78, 5) is 23.9. The van der Waals surface area contributed by atoms with Crippen molar-refractivity contribution in [2.24, 2.45) is 0 Å². The Morgan fingerprint density at radius 3 is 1.45 bits per heavy atom. The number of hydrogen-bond donors (Lipinski definition) is 6. The quantitative estimate of drug-likeness (QED) is 0.206. The first kappa shape index (κ1) is 21.5. The topological polar surface area (TPSA) is 156 Å². The van der Waals surface area contributed by atoms with Crippen molar-refractivity contribution in [2.45, 2.75) is 19.8 Å². The molecule has 31 heavy (non-hydrogen) atoms. The molecule has 0 atom stereocenters. The molecule has 0 radical (unpaired) electrons. The van der Waals surface area contributed by atoms with E-state index < -0.39 is 52.0 Å². The van der Waals surface area contributed by atoms with Gasteiger partial charge in [0.05, 0.1) is 0 Å². The van der Waals surface area contributed by atoms with Crippen LogP contribution in [0, 0.1) is 0 Å². The molecule has 6 N–H and O–H groups in total. The molecule has 3 aromatic carbocycles. The van der Waals surface area contributed by atoms with Crippen LogP contribution in [0.4, 0.5) is 0 Å². The summed E-state index contributed by atoms with van der Waals surface area (Å²) in [7, 11) is 0. The molecule has 0 spiro atoms. The Labute approximate surface area is 176 Å². The van der Waals surface area contributed by atoms with E-state index in [1.807, 2.05) is 0 Å². The maximum atomic E-state index is 11.9. The Morgan fingerprint density at radius 1 is 0.613 bits per heavy atom. The molecule has 0 aliphatic rings. The predicted molar refractivity (Wildman–Crippen MR) is 110 cm³/mol. The Morgan fingerprint density at radius 2 is 1.03 bits per heavy atom. The molecule has 160 valence electrons. The van der Waals surface area contributed by atoms with Gasteiger partial charge in [-0.1, -0.05) is 12.1 Å². The molecule has 8 heteroatoms. The molecule has 0 saturated carbocycles. The van der Waals surface area contributed by atoms with Crippen LogP contribution in [0.25, 0.3) is 0 Å². The number of aromatic hydroxyl groups is 6. The van der Waals surface area contributed by atoms with Crippen LogP contribution < -0.4 is 0 Å². The normalized spacial score (nSPS) is 10.9. The van der Waals surface area contributed by atoms with Crippen molar-refractivity contribution in [1.82, 2.24) is 0 Å². The lowest BCUT2D eigenvalue weighted by Gasteiger charge is -2.23. The van der Waals surface area contributed by atoms with E-state index in [1.54, 1.807) is 0 Å². The zero-order valence-corrected chi connectivity index (χ0v) is 16.6. The maximum Gasteiger partial charge on any atom is 0.161 e. The second-order valence-corrected chi connectivity index (χ2v) is 7.13. The van der Waals surface area contributed by atoms with Gasteiger partial charge >= 0.3 is 0 Å². The number of Topliss-reactive ketones (excluding diaryl/α,β-unsaturated/α-hetero) is 2. The number of para-hydroxylation sites is 1. The SMILES string of the molecule is CC(=O)c1cc(O)c(O)c(C(c2cccc(O)c2O)c2cc(C(C)=O)cc(O)c2O)c1. The van der Waals surface area contributed by atoms with Crippen molar-refractivity contribution in [3.8, 4) is 34.5 Å². The minimum absolute atomic E-state index is 0.0224. The summed E-state index contributed by atoms with van der Waals surface area (Å²) in [5.74, 6) is -5.79. The van der Waals surface area contributed by atoms with Crippen LogP contribution in [0.3, 0.4) is 0 Å². The van der Waals surface area contributed by atoms with Crippen molar-refractivity contribution in [1.29, 1.82) is 0 Å². The smallest absolute Gasteiger partial charge is 0.161 e. The number of phenolic OH excluding ortho intramolecular Hbond substituents is 6. The van der Waals surface area contributed by atoms with Gasteiger partial charge in [0.1, 0.15) is 0 Å². The predicted octanol–water partition coefficient (Wildman–Crippen LogP) is 3.51. The van der Waals surface area contributed by atoms with Gasteiger partial charge in [0.2, 0.25) is 0 Å². The Balaban J connectivity index is 2.46. The van der Waals surface area contributed by atoms with Gasteiger partial charge in [-0.2, -0.15) is 0 Å². The first-order valence-corrected chi connectivity index (χ1v) is 9.17. The molecule has 0 aliphatic heterocycles. The minimum Gasteiger partial charge on any atom is -0.504 e. The molecule has 0 saturated heterocycles. The summed E-state index contributed by atoms with van der Waals surface area (Å²) < 4.78 is 0. The number of rotatable bonds is 5. The molecule has 3 aromatic rings. The molecular weight excluding hydrogens is 404 g/mol. The number of hydrogen-bond acceptors (Lipinski definition) is 8. The Bertz CT molecular complexity index is 1140. The molecule has 3 rings (SSSR count). The lowest BCUT2D eigenvalue weighted by Crippen LogP contribution is -2.08. The highest BCUT2D eigenvalue weighted by atomic mass is 16.3. The van der Waals surface area contributed by atoms with Gasteiger partial charge in [-0.3, -0.25) is 9.59 Å². The highest BCUT2D eigenvalue weighted by Crippen LogP contribution is 2.49. The number of phenols is 6. The highest BCUT2D eigenvalue weighted by Gasteiger charge is 2.30. The molecule has 0 aliphatic carbocycles. The largest absolute Gasteiger partial charge is 0.504 e. The first-order chi connectivity index (χ1) is 14.5. The molecule has 0 bridgehead atoms. The second kappa shape index (κ2) is 7.91. The van der Waals surface area contributed by atoms with E-state index in [0.29, 0.717) is 0 Å². The first-order valence-electron chi connectivity index (χ1n) is 9.17. The van der Waals surface area contributed by atoms with E-state index in [-0.39, 0.29) is 27.8 Å². The van der Waals surface area contributed by atoms with E-state index in [1.165, 1.54) is 44.2 Å². The van der Waals surface area contributed by atoms with E-state index in [2.05, 4.69) is 0 Å². The van der Waals surface area contributed by atoms with Crippen molar-refractivity contribution in [3.63, 3.8) is 0 Å². The van der Waals surface area contributed by atoms with Crippen molar-refractivity contribution < 1.29 is 40.2 Å². The van der Waals surface area contributed by atoms with Gasteiger partial charge in [0.15, 0.2) is 46.1 Å². The number of benzene rings is 3. The fraction of sp³-hybridized carbons (Fsp3) is 0.130. The number of ketones is 2. The molecular formula is C23H20O8. The molecule has 8 nitrogen and oxygen atoms in total. The summed E-state index contributed by atoms with van der Waals surface area (Å²) in [5, 5.41) is 62.0. The van der Waals surface area contributed by atoms with E-state index in [4.69, 9.17) is 0 Å². The van der Waals surface area contributed by atoms with Crippen LogP contribution in [0.5, 0.6) is 34.5 Å². The summed E-state index contributed by atoms with van der Waals surface area (Å²) >= 11 is 0. The second-order valence-electron chi connectivity index (χ2n) is 7.13. The zero-order valence-electron chi connectivity index (χ0n) is 16.6. The van der Waals surface area contributed by atoms with Crippen LogP contribution in [-0.2, 0) is 0 Å². The van der Waals surface area contributed by atoms with E-state index in [9.17, 15) is 40.2 Å². The average Bonchev–Trinajstić information content (AvgIpc) is 2.70. The number of carbonyl (C=O) groups excluding carboxylic acids is 2. The van der Waals surface area contributed by atoms with Crippen LogP contribution in [0.1, 0.15) is 57.2 Å². The van der Waals surface area contributed by atoms with Gasteiger partial charge in [-0.15, -0.1) is 0 Å². The van der Waals surface area contributed by atoms with Gasteiger partial charge < -0.3 is 30.6 Å². The zero-order chi connectivity index (χ0) is 23.0. The third kappa shape index (κ3) is 3.83. The molecule has 0 amide bonds. The fourth-order valence-electron chi connectivity index (χ4n) is 3.41. The van der Waals surface area contributed by atoms with Crippen molar-refractivity contribution in [3.05, 3.63) is 70.3 Å². The van der Waals surface area contributed by atoms with E-state index in [0.717, 1.165) is 12.1 Å². The summed E-state index contributed by atoms with van der Waals surface area (Å²) in [6, 6.07) is 8.61. The fourth-order valence-corrected chi connectivity index (χ4v) is 3.41. The lowest BCUT2D eigenvalue weighted by molar-refractivity contribution is 0.100. The van der Waals surface area contributed by atoms with Gasteiger partial charge in [-0.05, 0) is 44.2 Å². The number of carbonyl (C=O) groups is 2. The molecule has 0 aromatic heterocycles. The molecule has 0 heterocycles. The van der Waals surface area contributed by atoms with Gasteiger partial charge in [-0.25, -0.2) is 0 Å². The summed E-state index contributed by atoms with van der Waals surface area (Å²) in [6.07, 6.45) is 0. The van der Waals surface area contributed by atoms with Crippen LogP contribution >= 0.6 is 0 Å². The summed E-state index contributed by atoms with van der Waals surface area (Å²) in [6.45, 7) is 2.49. The standard InChI is InChI=1S/C23H20O8/c1-10(24)12-6-15(22(30)18(27)8-12)20(14-4-3-5-17(26)21(14)29)16-7-13(11(2)25)9-19(28)23(16)31/h3-9,20,26-31H,1-2H3.